The number of β-amino-alcohol motifs (C(OH)–C–C–N with tert-alkyl or cyclic N) is 1. The molecule has 0 bridgehead atoms. The molecule has 2 fully saturated rings. The average Bonchev–Trinajstić information content (AvgIpc) is 3.65. The van der Waals surface area contributed by atoms with Gasteiger partial charge >= 0.3 is 0 Å². The van der Waals surface area contributed by atoms with Crippen LogP contribution in [-0.2, 0) is 0 Å². The fourth-order valence-corrected chi connectivity index (χ4v) is 4.00. The van der Waals surface area contributed by atoms with Crippen molar-refractivity contribution in [3.63, 3.8) is 0 Å². The van der Waals surface area contributed by atoms with E-state index >= 15 is 0 Å². The minimum absolute atomic E-state index is 0.283. The third kappa shape index (κ3) is 4.49. The number of aromatic nitrogens is 3. The Kier molecular flexibility index (Phi) is 5.23. The number of nitriles is 1. The number of aliphatic hydroxyl groups is 1. The molecule has 3 aromatic rings. The van der Waals surface area contributed by atoms with Gasteiger partial charge in [-0.3, -0.25) is 0 Å². The van der Waals surface area contributed by atoms with Crippen molar-refractivity contribution < 1.29 is 5.11 Å². The standard InChI is InChI=1S/C24H24N6O/c25-13-16-7-8-26-22(10-16)29-23-12-19(17-3-4-17)11-21(28-23)18-5-6-24(27-14-18)30-9-1-2-20(31)15-30/h5-8,10-12,14,17,20,31H,1-4,9,15H2,(H,26,28,29)/t20-/m1/s1. The number of nitrogens with one attached hydrogen (secondary N) is 1. The molecule has 0 amide bonds. The zero-order chi connectivity index (χ0) is 21.2. The summed E-state index contributed by atoms with van der Waals surface area (Å²) in [6.45, 7) is 1.55. The maximum Gasteiger partial charge on any atom is 0.132 e. The molecule has 156 valence electrons. The van der Waals surface area contributed by atoms with Gasteiger partial charge in [-0.25, -0.2) is 15.0 Å². The molecule has 2 aliphatic rings. The van der Waals surface area contributed by atoms with Gasteiger partial charge in [0.15, 0.2) is 0 Å². The minimum Gasteiger partial charge on any atom is -0.391 e. The van der Waals surface area contributed by atoms with Crippen LogP contribution in [0.15, 0.2) is 48.8 Å². The largest absolute Gasteiger partial charge is 0.391 e. The molecule has 0 aromatic carbocycles. The summed E-state index contributed by atoms with van der Waals surface area (Å²) in [7, 11) is 0. The van der Waals surface area contributed by atoms with Gasteiger partial charge in [-0.2, -0.15) is 5.26 Å². The number of nitrogens with zero attached hydrogens (tertiary/aromatic N) is 5. The van der Waals surface area contributed by atoms with E-state index in [4.69, 9.17) is 10.2 Å². The molecule has 2 N–H and O–H groups in total. The number of anilines is 3. The van der Waals surface area contributed by atoms with Crippen molar-refractivity contribution in [2.75, 3.05) is 23.3 Å². The molecule has 1 aliphatic heterocycles. The number of hydrogen-bond donors (Lipinski definition) is 2. The molecular weight excluding hydrogens is 388 g/mol. The highest BCUT2D eigenvalue weighted by Gasteiger charge is 2.25. The summed E-state index contributed by atoms with van der Waals surface area (Å²) < 4.78 is 0. The zero-order valence-electron chi connectivity index (χ0n) is 17.2. The Morgan fingerprint density at radius 2 is 1.97 bits per heavy atom. The molecule has 1 saturated carbocycles. The van der Waals surface area contributed by atoms with Gasteiger partial charge < -0.3 is 15.3 Å². The molecule has 5 rings (SSSR count). The van der Waals surface area contributed by atoms with Gasteiger partial charge in [0.25, 0.3) is 0 Å². The van der Waals surface area contributed by atoms with Crippen LogP contribution in [0.1, 0.15) is 42.7 Å². The maximum atomic E-state index is 9.94. The van der Waals surface area contributed by atoms with Crippen LogP contribution in [-0.4, -0.2) is 39.3 Å². The van der Waals surface area contributed by atoms with Crippen LogP contribution in [0.3, 0.4) is 0 Å². The van der Waals surface area contributed by atoms with Gasteiger partial charge in [-0.1, -0.05) is 0 Å². The van der Waals surface area contributed by atoms with Crippen molar-refractivity contribution in [3.05, 3.63) is 59.9 Å². The summed E-state index contributed by atoms with van der Waals surface area (Å²) in [5.41, 5.74) is 3.62. The maximum absolute atomic E-state index is 9.94. The van der Waals surface area contributed by atoms with Crippen molar-refractivity contribution in [2.45, 2.75) is 37.7 Å². The van der Waals surface area contributed by atoms with E-state index in [1.807, 2.05) is 18.3 Å². The molecule has 31 heavy (non-hydrogen) atoms. The van der Waals surface area contributed by atoms with Crippen LogP contribution in [0.5, 0.6) is 0 Å². The van der Waals surface area contributed by atoms with Crippen LogP contribution in [0.4, 0.5) is 17.5 Å². The minimum atomic E-state index is -0.283. The summed E-state index contributed by atoms with van der Waals surface area (Å²) in [4.78, 5) is 15.9. The molecule has 4 heterocycles. The summed E-state index contributed by atoms with van der Waals surface area (Å²) >= 11 is 0. The predicted molar refractivity (Wildman–Crippen MR) is 119 cm³/mol. The molecule has 1 saturated heterocycles. The zero-order valence-corrected chi connectivity index (χ0v) is 17.2. The molecular formula is C24H24N6O. The predicted octanol–water partition coefficient (Wildman–Crippen LogP) is 3.99. The first-order valence-corrected chi connectivity index (χ1v) is 10.7. The lowest BCUT2D eigenvalue weighted by Crippen LogP contribution is -2.38. The first-order valence-electron chi connectivity index (χ1n) is 10.7. The first kappa shape index (κ1) is 19.5. The highest BCUT2D eigenvalue weighted by Crippen LogP contribution is 2.42. The molecule has 0 radical (unpaired) electrons. The Hall–Kier alpha value is -3.50. The van der Waals surface area contributed by atoms with Gasteiger partial charge in [0.1, 0.15) is 17.5 Å². The fourth-order valence-electron chi connectivity index (χ4n) is 4.00. The van der Waals surface area contributed by atoms with E-state index in [-0.39, 0.29) is 6.10 Å². The van der Waals surface area contributed by atoms with Gasteiger partial charge in [-0.05, 0) is 73.6 Å². The van der Waals surface area contributed by atoms with Crippen molar-refractivity contribution in [3.8, 4) is 17.3 Å². The lowest BCUT2D eigenvalue weighted by Gasteiger charge is -2.31. The van der Waals surface area contributed by atoms with Crippen LogP contribution >= 0.6 is 0 Å². The second kappa shape index (κ2) is 8.32. The third-order valence-electron chi connectivity index (χ3n) is 5.81. The fraction of sp³-hybridized carbons (Fsp3) is 0.333. The average molecular weight is 412 g/mol. The van der Waals surface area contributed by atoms with Crippen LogP contribution in [0.25, 0.3) is 11.3 Å². The number of aliphatic hydroxyl groups excluding tert-OH is 1. The van der Waals surface area contributed by atoms with Crippen LogP contribution in [0, 0.1) is 11.3 Å². The van der Waals surface area contributed by atoms with Gasteiger partial charge in [0, 0.05) is 31.0 Å². The first-order chi connectivity index (χ1) is 15.2. The van der Waals surface area contributed by atoms with E-state index in [9.17, 15) is 5.11 Å². The quantitative estimate of drug-likeness (QED) is 0.654. The molecule has 1 atom stereocenters. The second-order valence-electron chi connectivity index (χ2n) is 8.26. The van der Waals surface area contributed by atoms with Crippen molar-refractivity contribution in [2.24, 2.45) is 0 Å². The van der Waals surface area contributed by atoms with Crippen LogP contribution in [0.2, 0.25) is 0 Å². The topological polar surface area (TPSA) is 98.0 Å². The normalized spacial score (nSPS) is 18.5. The Bertz CT molecular complexity index is 1120. The summed E-state index contributed by atoms with van der Waals surface area (Å²) in [5, 5.41) is 22.3. The highest BCUT2D eigenvalue weighted by molar-refractivity contribution is 5.66. The van der Waals surface area contributed by atoms with E-state index in [2.05, 4.69) is 38.4 Å². The van der Waals surface area contributed by atoms with Crippen LogP contribution < -0.4 is 10.2 Å². The van der Waals surface area contributed by atoms with E-state index in [0.717, 1.165) is 36.5 Å². The second-order valence-corrected chi connectivity index (χ2v) is 8.26. The summed E-state index contributed by atoms with van der Waals surface area (Å²) in [5.74, 6) is 2.77. The third-order valence-corrected chi connectivity index (χ3v) is 5.81. The Morgan fingerprint density at radius 1 is 1.06 bits per heavy atom. The summed E-state index contributed by atoms with van der Waals surface area (Å²) in [6.07, 6.45) is 7.41. The molecule has 7 heteroatoms. The molecule has 3 aromatic heterocycles. The van der Waals surface area contributed by atoms with E-state index < -0.39 is 0 Å². The number of pyridine rings is 3. The molecule has 0 spiro atoms. The van der Waals surface area contributed by atoms with Crippen molar-refractivity contribution in [1.29, 1.82) is 5.26 Å². The van der Waals surface area contributed by atoms with Gasteiger partial charge in [0.05, 0.1) is 23.4 Å². The lowest BCUT2D eigenvalue weighted by molar-refractivity contribution is 0.154. The monoisotopic (exact) mass is 412 g/mol. The number of piperidine rings is 1. The van der Waals surface area contributed by atoms with E-state index in [1.165, 1.54) is 18.4 Å². The smallest absolute Gasteiger partial charge is 0.132 e. The molecule has 7 nitrogen and oxygen atoms in total. The van der Waals surface area contributed by atoms with E-state index in [0.29, 0.717) is 29.7 Å². The Morgan fingerprint density at radius 3 is 2.71 bits per heavy atom. The van der Waals surface area contributed by atoms with Gasteiger partial charge in [-0.15, -0.1) is 0 Å². The van der Waals surface area contributed by atoms with E-state index in [1.54, 1.807) is 18.3 Å². The lowest BCUT2D eigenvalue weighted by atomic mass is 10.1. The van der Waals surface area contributed by atoms with Crippen molar-refractivity contribution >= 4 is 17.5 Å². The SMILES string of the molecule is N#Cc1ccnc(Nc2cc(C3CC3)cc(-c3ccc(N4CCC[C@@H](O)C4)nc3)n2)c1. The van der Waals surface area contributed by atoms with Crippen molar-refractivity contribution in [1.82, 2.24) is 15.0 Å². The Labute approximate surface area is 181 Å². The molecule has 1 aliphatic carbocycles. The number of rotatable bonds is 5. The van der Waals surface area contributed by atoms with Gasteiger partial charge in [0.2, 0.25) is 0 Å². The molecule has 0 unspecified atom stereocenters. The highest BCUT2D eigenvalue weighted by atomic mass is 16.3. The Balaban J connectivity index is 1.42. The summed E-state index contributed by atoms with van der Waals surface area (Å²) in [6, 6.07) is 13.8. The number of hydrogen-bond acceptors (Lipinski definition) is 7.